The van der Waals surface area contributed by atoms with Gasteiger partial charge in [-0.2, -0.15) is 0 Å². The third-order valence-corrected chi connectivity index (χ3v) is 8.15. The number of carbonyl (C=O) groups is 1. The van der Waals surface area contributed by atoms with Crippen LogP contribution in [0.15, 0.2) is 52.0 Å². The standard InChI is InChI=1S/C18H24O3.C17H23BrO2/c1-17(2,3)16-15(21-11-18(16,4)5)12-7-8-13(10-19)14(9-12)20-6;1-16(2,3)15-14(20-10-17(15,4)5)11-7-8-12(18)13(9-11)19-6/h7-10H,11H2,1-6H3;7-9H,10H2,1-6H3. The Morgan fingerprint density at radius 2 is 1.15 bits per heavy atom. The van der Waals surface area contributed by atoms with E-state index in [9.17, 15) is 4.79 Å². The SMILES string of the molecule is COc1cc(C2=C(C(C)(C)C)C(C)(C)CO2)ccc1Br.COc1cc(C2=C(C(C)(C)C)C(C)(C)CO2)ccc1C=O. The van der Waals surface area contributed by atoms with Crippen molar-refractivity contribution < 1.29 is 23.7 Å². The lowest BCUT2D eigenvalue weighted by Gasteiger charge is -2.31. The van der Waals surface area contributed by atoms with E-state index in [1.54, 1.807) is 20.3 Å². The molecule has 2 aliphatic heterocycles. The summed E-state index contributed by atoms with van der Waals surface area (Å²) in [5.41, 5.74) is 5.44. The molecule has 41 heavy (non-hydrogen) atoms. The first-order valence-corrected chi connectivity index (χ1v) is 14.9. The molecule has 2 aromatic rings. The van der Waals surface area contributed by atoms with Crippen LogP contribution in [0.5, 0.6) is 11.5 Å². The third kappa shape index (κ3) is 7.02. The molecule has 4 rings (SSSR count). The zero-order chi connectivity index (χ0) is 31.0. The van der Waals surface area contributed by atoms with E-state index in [0.717, 1.165) is 45.8 Å². The van der Waals surface area contributed by atoms with Gasteiger partial charge in [0.05, 0.1) is 37.5 Å². The summed E-state index contributed by atoms with van der Waals surface area (Å²) in [5, 5.41) is 0. The number of hydrogen-bond acceptors (Lipinski definition) is 5. The van der Waals surface area contributed by atoms with E-state index in [-0.39, 0.29) is 21.7 Å². The molecule has 0 bridgehead atoms. The summed E-state index contributed by atoms with van der Waals surface area (Å²) in [4.78, 5) is 11.0. The number of methoxy groups -OCH3 is 2. The molecule has 5 nitrogen and oxygen atoms in total. The summed E-state index contributed by atoms with van der Waals surface area (Å²) >= 11 is 3.49. The molecule has 224 valence electrons. The van der Waals surface area contributed by atoms with Crippen LogP contribution in [0, 0.1) is 21.7 Å². The fourth-order valence-corrected chi connectivity index (χ4v) is 6.73. The Kier molecular flexibility index (Phi) is 9.49. The van der Waals surface area contributed by atoms with Gasteiger partial charge >= 0.3 is 0 Å². The van der Waals surface area contributed by atoms with Crippen LogP contribution in [0.2, 0.25) is 0 Å². The van der Waals surface area contributed by atoms with Gasteiger partial charge in [0.15, 0.2) is 6.29 Å². The Bertz CT molecular complexity index is 1350. The van der Waals surface area contributed by atoms with Crippen molar-refractivity contribution in [1.82, 2.24) is 0 Å². The average Bonchev–Trinajstić information content (AvgIpc) is 3.39. The van der Waals surface area contributed by atoms with Crippen molar-refractivity contribution in [2.45, 2.75) is 69.2 Å². The van der Waals surface area contributed by atoms with Crippen molar-refractivity contribution in [2.24, 2.45) is 21.7 Å². The third-order valence-electron chi connectivity index (χ3n) is 7.50. The molecule has 2 aliphatic rings. The Labute approximate surface area is 255 Å². The van der Waals surface area contributed by atoms with E-state index < -0.39 is 0 Å². The number of rotatable bonds is 5. The van der Waals surface area contributed by atoms with Crippen molar-refractivity contribution in [3.63, 3.8) is 0 Å². The van der Waals surface area contributed by atoms with Gasteiger partial charge in [-0.3, -0.25) is 4.79 Å². The summed E-state index contributed by atoms with van der Waals surface area (Å²) in [6.45, 7) is 23.7. The maximum Gasteiger partial charge on any atom is 0.153 e. The molecule has 0 atom stereocenters. The van der Waals surface area contributed by atoms with Gasteiger partial charge in [-0.05, 0) is 68.2 Å². The summed E-state index contributed by atoms with van der Waals surface area (Å²) in [5.74, 6) is 3.34. The fraction of sp³-hybridized carbons (Fsp3) is 0.514. The highest BCUT2D eigenvalue weighted by atomic mass is 79.9. The number of hydrogen-bond donors (Lipinski definition) is 0. The maximum absolute atomic E-state index is 11.0. The lowest BCUT2D eigenvalue weighted by atomic mass is 9.71. The average molecular weight is 628 g/mol. The second-order valence-electron chi connectivity index (χ2n) is 14.2. The molecule has 0 aliphatic carbocycles. The van der Waals surface area contributed by atoms with Gasteiger partial charge in [0.1, 0.15) is 23.0 Å². The zero-order valence-electron chi connectivity index (χ0n) is 26.9. The van der Waals surface area contributed by atoms with Crippen LogP contribution in [-0.2, 0) is 9.47 Å². The van der Waals surface area contributed by atoms with Crippen molar-refractivity contribution in [3.05, 3.63) is 68.7 Å². The lowest BCUT2D eigenvalue weighted by Crippen LogP contribution is -2.24. The van der Waals surface area contributed by atoms with Crippen LogP contribution < -0.4 is 9.47 Å². The summed E-state index contributed by atoms with van der Waals surface area (Å²) < 4.78 is 23.7. The molecule has 0 radical (unpaired) electrons. The van der Waals surface area contributed by atoms with Gasteiger partial charge in [-0.25, -0.2) is 0 Å². The van der Waals surface area contributed by atoms with Gasteiger partial charge in [-0.15, -0.1) is 0 Å². The van der Waals surface area contributed by atoms with E-state index in [4.69, 9.17) is 18.9 Å². The number of halogens is 1. The van der Waals surface area contributed by atoms with Crippen LogP contribution in [0.25, 0.3) is 11.5 Å². The first-order valence-electron chi connectivity index (χ1n) is 14.1. The van der Waals surface area contributed by atoms with Crippen LogP contribution in [0.1, 0.15) is 90.7 Å². The predicted molar refractivity (Wildman–Crippen MR) is 171 cm³/mol. The van der Waals surface area contributed by atoms with E-state index in [2.05, 4.69) is 91.2 Å². The molecule has 0 fully saturated rings. The lowest BCUT2D eigenvalue weighted by molar-refractivity contribution is 0.112. The minimum absolute atomic E-state index is 0.00412. The van der Waals surface area contributed by atoms with E-state index in [1.807, 2.05) is 24.3 Å². The molecule has 0 saturated heterocycles. The number of carbonyl (C=O) groups excluding carboxylic acids is 1. The highest BCUT2D eigenvalue weighted by Gasteiger charge is 2.42. The van der Waals surface area contributed by atoms with E-state index in [1.165, 1.54) is 11.1 Å². The molecule has 0 amide bonds. The molecule has 0 N–H and O–H groups in total. The Hall–Kier alpha value is -2.73. The minimum atomic E-state index is 0.00412. The van der Waals surface area contributed by atoms with Crippen LogP contribution in [0.3, 0.4) is 0 Å². The van der Waals surface area contributed by atoms with Gasteiger partial charge in [0.2, 0.25) is 0 Å². The van der Waals surface area contributed by atoms with Gasteiger partial charge in [0.25, 0.3) is 0 Å². The number of aldehydes is 1. The quantitative estimate of drug-likeness (QED) is 0.309. The van der Waals surface area contributed by atoms with Gasteiger partial charge < -0.3 is 18.9 Å². The molecular formula is C35H47BrO5. The normalized spacial score (nSPS) is 17.9. The van der Waals surface area contributed by atoms with Gasteiger partial charge in [0, 0.05) is 22.0 Å². The van der Waals surface area contributed by atoms with Crippen LogP contribution >= 0.6 is 15.9 Å². The first kappa shape index (κ1) is 32.8. The topological polar surface area (TPSA) is 54.0 Å². The fourth-order valence-electron chi connectivity index (χ4n) is 6.33. The molecule has 0 saturated carbocycles. The minimum Gasteiger partial charge on any atom is -0.496 e. The highest BCUT2D eigenvalue weighted by Crippen LogP contribution is 2.51. The monoisotopic (exact) mass is 626 g/mol. The Balaban J connectivity index is 0.000000226. The maximum atomic E-state index is 11.0. The number of benzene rings is 2. The zero-order valence-corrected chi connectivity index (χ0v) is 28.5. The summed E-state index contributed by atoms with van der Waals surface area (Å²) in [6.07, 6.45) is 0.807. The molecule has 0 spiro atoms. The molecule has 2 heterocycles. The molecule has 2 aromatic carbocycles. The number of ether oxygens (including phenoxy) is 4. The van der Waals surface area contributed by atoms with E-state index >= 15 is 0 Å². The smallest absolute Gasteiger partial charge is 0.153 e. The van der Waals surface area contributed by atoms with Gasteiger partial charge in [-0.1, -0.05) is 75.3 Å². The second-order valence-corrected chi connectivity index (χ2v) is 15.0. The summed E-state index contributed by atoms with van der Waals surface area (Å²) in [6, 6.07) is 11.7. The van der Waals surface area contributed by atoms with Crippen LogP contribution in [-0.4, -0.2) is 33.7 Å². The molecule has 0 aromatic heterocycles. The van der Waals surface area contributed by atoms with Crippen LogP contribution in [0.4, 0.5) is 0 Å². The molecule has 6 heteroatoms. The largest absolute Gasteiger partial charge is 0.496 e. The molecular weight excluding hydrogens is 580 g/mol. The van der Waals surface area contributed by atoms with Crippen molar-refractivity contribution in [3.8, 4) is 11.5 Å². The van der Waals surface area contributed by atoms with Crippen molar-refractivity contribution >= 4 is 33.7 Å². The van der Waals surface area contributed by atoms with Crippen molar-refractivity contribution in [1.29, 1.82) is 0 Å². The predicted octanol–water partition coefficient (Wildman–Crippen LogP) is 9.59. The Morgan fingerprint density at radius 1 is 0.732 bits per heavy atom. The highest BCUT2D eigenvalue weighted by molar-refractivity contribution is 9.10. The van der Waals surface area contributed by atoms with E-state index in [0.29, 0.717) is 17.9 Å². The summed E-state index contributed by atoms with van der Waals surface area (Å²) in [7, 11) is 3.26. The van der Waals surface area contributed by atoms with Crippen molar-refractivity contribution in [2.75, 3.05) is 27.4 Å². The first-order chi connectivity index (χ1) is 18.9. The Morgan fingerprint density at radius 3 is 1.54 bits per heavy atom. The molecule has 0 unspecified atom stereocenters. The second kappa shape index (κ2) is 11.9.